The number of carbonyl (C=O) groups is 5. The Morgan fingerprint density at radius 2 is 0.402 bits per heavy atom. The third-order valence-corrected chi connectivity index (χ3v) is 19.1. The molecule has 5 amide bonds. The number of amides is 5. The third-order valence-electron chi connectivity index (χ3n) is 19.1. The number of hydrogen-bond acceptors (Lipinski definition) is 32. The highest BCUT2D eigenvalue weighted by Crippen LogP contribution is 2.26. The van der Waals surface area contributed by atoms with E-state index in [1.165, 1.54) is 114 Å². The molecule has 0 radical (unpaired) electrons. The van der Waals surface area contributed by atoms with Gasteiger partial charge in [-0.05, 0) is 12.3 Å². The summed E-state index contributed by atoms with van der Waals surface area (Å²) in [6.07, 6.45) is 26.7. The van der Waals surface area contributed by atoms with Gasteiger partial charge in [0.2, 0.25) is 29.5 Å². The van der Waals surface area contributed by atoms with E-state index in [0.29, 0.717) is 376 Å². The molecule has 1 saturated heterocycles. The Hall–Kier alpha value is -3.53. The van der Waals surface area contributed by atoms with E-state index in [2.05, 4.69) is 22.9 Å². The number of hydrogen-bond donors (Lipinski definition) is 3. The van der Waals surface area contributed by atoms with Crippen molar-refractivity contribution in [2.75, 3.05) is 383 Å². The molecular weight excluding hydrogens is 1660 g/mol. The molecule has 1 fully saturated rings. The van der Waals surface area contributed by atoms with E-state index in [4.69, 9.17) is 128 Å². The molecule has 1 rings (SSSR count). The summed E-state index contributed by atoms with van der Waals surface area (Å²) in [6, 6.07) is 0. The molecule has 0 aromatic carbocycles. The molecule has 0 aliphatic carbocycles. The molecule has 127 heavy (non-hydrogen) atoms. The van der Waals surface area contributed by atoms with Gasteiger partial charge in [-0.25, -0.2) is 0 Å². The summed E-state index contributed by atoms with van der Waals surface area (Å²) in [7, 11) is 0. The van der Waals surface area contributed by atoms with Crippen LogP contribution in [0.5, 0.6) is 0 Å². The largest absolute Gasteiger partial charge is 0.379 e. The summed E-state index contributed by atoms with van der Waals surface area (Å²) in [6.45, 7) is 31.7. The van der Waals surface area contributed by atoms with Crippen molar-refractivity contribution in [2.45, 2.75) is 168 Å². The zero-order chi connectivity index (χ0) is 91.1. The van der Waals surface area contributed by atoms with Crippen LogP contribution in [0, 0.1) is 11.8 Å². The van der Waals surface area contributed by atoms with Gasteiger partial charge in [0, 0.05) is 57.8 Å². The summed E-state index contributed by atoms with van der Waals surface area (Å²) in [5, 5.41) is 8.48. The predicted octanol–water partition coefficient (Wildman–Crippen LogP) is 7.42. The molecule has 752 valence electrons. The van der Waals surface area contributed by atoms with Crippen molar-refractivity contribution in [3.05, 3.63) is 0 Å². The number of ether oxygens (including phenoxy) is 27. The highest BCUT2D eigenvalue weighted by Gasteiger charge is 2.40. The van der Waals surface area contributed by atoms with E-state index in [1.807, 2.05) is 13.8 Å². The molecule has 1 aliphatic rings. The van der Waals surface area contributed by atoms with E-state index in [9.17, 15) is 24.0 Å². The minimum Gasteiger partial charge on any atom is -0.379 e. The van der Waals surface area contributed by atoms with Crippen LogP contribution < -0.4 is 16.0 Å². The lowest BCUT2D eigenvalue weighted by molar-refractivity contribution is -0.140. The second-order valence-electron chi connectivity index (χ2n) is 30.1. The maximum atomic E-state index is 12.4. The summed E-state index contributed by atoms with van der Waals surface area (Å²) in [4.78, 5) is 62.0. The predicted molar refractivity (Wildman–Crippen MR) is 478 cm³/mol. The Kier molecular flexibility index (Phi) is 100. The summed E-state index contributed by atoms with van der Waals surface area (Å²) in [5.74, 6) is -0.880. The van der Waals surface area contributed by atoms with Crippen LogP contribution in [0.1, 0.15) is 168 Å². The molecule has 36 heteroatoms. The zero-order valence-electron chi connectivity index (χ0n) is 78.9. The van der Waals surface area contributed by atoms with Gasteiger partial charge in [-0.1, -0.05) is 136 Å². The molecule has 3 N–H and O–H groups in total. The van der Waals surface area contributed by atoms with Crippen LogP contribution in [0.4, 0.5) is 0 Å². The Morgan fingerprint density at radius 3 is 0.591 bits per heavy atom. The number of nitrogens with one attached hydrogen (secondary N) is 3. The van der Waals surface area contributed by atoms with E-state index in [1.54, 1.807) is 0 Å². The fraction of sp³-hybridized carbons (Fsp3) is 0.945. The van der Waals surface area contributed by atoms with Gasteiger partial charge in [-0.3, -0.25) is 28.9 Å². The standard InChI is InChI=1S/C91H176N4O32/c1-4-5-6-7-8-9-10-11-12-13-14-15-16-17-18-19-20-21-22-23-87(96)92-26-31-102-35-39-107-44-46-109-48-50-111-52-54-113-56-58-115-60-62-117-64-66-119-68-70-121-72-74-123-76-78-125-80-82-127-83-81-126-79-77-124-75-73-122-71-69-120-67-65-118-63-61-116-59-57-114-55-53-112-51-49-110-47-45-108-41-37-104-33-28-94-89(98)25-30-101-34-38-105-42-43-106-40-36-103-32-27-93-88(97)24-29-95-90(99)84-86(85(2)3)91(95)100/h85-86H,4-84H2,1-3H3,(H,92,96)(H,93,97)(H,94,98). The molecule has 1 aliphatic heterocycles. The van der Waals surface area contributed by atoms with Crippen molar-refractivity contribution >= 4 is 29.5 Å². The Bertz CT molecular complexity index is 2270. The number of nitrogens with zero attached hydrogens (tertiary/aromatic N) is 1. The highest BCUT2D eigenvalue weighted by molar-refractivity contribution is 6.03. The number of imide groups is 1. The van der Waals surface area contributed by atoms with Crippen LogP contribution in [-0.2, 0) is 152 Å². The highest BCUT2D eigenvalue weighted by atomic mass is 16.6. The van der Waals surface area contributed by atoms with Crippen LogP contribution in [-0.4, -0.2) is 417 Å². The molecular formula is C91H176N4O32. The molecule has 0 bridgehead atoms. The van der Waals surface area contributed by atoms with Crippen LogP contribution >= 0.6 is 0 Å². The SMILES string of the molecule is CCCCCCCCCCCCCCCCCCCCCC(=O)NCCOCCOCCOCCOCCOCCOCCOCCOCCOCCOCCOCCOCCOCCOCCOCCOCCOCCOCCOCCOCCOCCOCCOCCNC(=O)CCOCCOCCOCCOCCNC(=O)CCN1C(=O)CC(C(C)C)C1=O. The van der Waals surface area contributed by atoms with Gasteiger partial charge in [0.15, 0.2) is 0 Å². The number of carbonyl (C=O) groups excluding carboxylic acids is 5. The summed E-state index contributed by atoms with van der Waals surface area (Å²) >= 11 is 0. The first-order valence-corrected chi connectivity index (χ1v) is 48.0. The van der Waals surface area contributed by atoms with Crippen LogP contribution in [0.25, 0.3) is 0 Å². The number of likely N-dealkylation sites (tertiary alicyclic amines) is 1. The fourth-order valence-electron chi connectivity index (χ4n) is 12.0. The van der Waals surface area contributed by atoms with Crippen molar-refractivity contribution in [3.8, 4) is 0 Å². The molecule has 0 aromatic heterocycles. The van der Waals surface area contributed by atoms with Crippen molar-refractivity contribution in [2.24, 2.45) is 11.8 Å². The minimum absolute atomic E-state index is 0.0632. The van der Waals surface area contributed by atoms with Gasteiger partial charge in [-0.2, -0.15) is 0 Å². The van der Waals surface area contributed by atoms with Crippen LogP contribution in [0.3, 0.4) is 0 Å². The number of unbranched alkanes of at least 4 members (excludes halogenated alkanes) is 18. The van der Waals surface area contributed by atoms with Gasteiger partial charge < -0.3 is 144 Å². The van der Waals surface area contributed by atoms with Gasteiger partial charge in [0.25, 0.3) is 0 Å². The Morgan fingerprint density at radius 1 is 0.236 bits per heavy atom. The van der Waals surface area contributed by atoms with Crippen molar-refractivity contribution < 1.29 is 152 Å². The van der Waals surface area contributed by atoms with Crippen molar-refractivity contribution in [3.63, 3.8) is 0 Å². The first-order chi connectivity index (χ1) is 62.8. The quantitative estimate of drug-likeness (QED) is 0.0394. The maximum absolute atomic E-state index is 12.4. The van der Waals surface area contributed by atoms with Crippen LogP contribution in [0.2, 0.25) is 0 Å². The fourth-order valence-corrected chi connectivity index (χ4v) is 12.0. The lowest BCUT2D eigenvalue weighted by atomic mass is 9.94. The van der Waals surface area contributed by atoms with Gasteiger partial charge in [0.1, 0.15) is 0 Å². The zero-order valence-corrected chi connectivity index (χ0v) is 78.9. The maximum Gasteiger partial charge on any atom is 0.233 e. The lowest BCUT2D eigenvalue weighted by Gasteiger charge is -2.16. The second kappa shape index (κ2) is 105. The molecule has 1 unspecified atom stereocenters. The van der Waals surface area contributed by atoms with Gasteiger partial charge in [-0.15, -0.1) is 0 Å². The molecule has 0 aromatic rings. The van der Waals surface area contributed by atoms with E-state index in [-0.39, 0.29) is 73.8 Å². The summed E-state index contributed by atoms with van der Waals surface area (Å²) in [5.41, 5.74) is 0. The third kappa shape index (κ3) is 95.4. The normalized spacial score (nSPS) is 13.0. The number of rotatable bonds is 111. The van der Waals surface area contributed by atoms with E-state index in [0.717, 1.165) is 12.8 Å². The Balaban J connectivity index is 1.61. The first-order valence-electron chi connectivity index (χ1n) is 48.0. The first kappa shape index (κ1) is 121. The van der Waals surface area contributed by atoms with Crippen molar-refractivity contribution in [1.29, 1.82) is 0 Å². The van der Waals surface area contributed by atoms with Gasteiger partial charge in [0.05, 0.1) is 357 Å². The minimum atomic E-state index is -0.300. The lowest BCUT2D eigenvalue weighted by Crippen LogP contribution is -2.36. The van der Waals surface area contributed by atoms with Gasteiger partial charge >= 0.3 is 0 Å². The van der Waals surface area contributed by atoms with Crippen LogP contribution in [0.15, 0.2) is 0 Å². The van der Waals surface area contributed by atoms with E-state index < -0.39 is 0 Å². The summed E-state index contributed by atoms with van der Waals surface area (Å²) < 4.78 is 149. The average molecular weight is 1840 g/mol. The smallest absolute Gasteiger partial charge is 0.233 e. The molecule has 36 nitrogen and oxygen atoms in total. The monoisotopic (exact) mass is 1840 g/mol. The van der Waals surface area contributed by atoms with Crippen molar-refractivity contribution in [1.82, 2.24) is 20.9 Å². The molecule has 0 spiro atoms. The second-order valence-corrected chi connectivity index (χ2v) is 30.1. The molecule has 1 heterocycles. The molecule has 0 saturated carbocycles. The Labute approximate surface area is 762 Å². The molecule has 1 atom stereocenters. The van der Waals surface area contributed by atoms with E-state index >= 15 is 0 Å². The average Bonchev–Trinajstić information content (AvgIpc) is 1.68. The topological polar surface area (TPSA) is 374 Å².